The molecule has 0 saturated heterocycles. The van der Waals surface area contributed by atoms with Crippen molar-refractivity contribution in [1.82, 2.24) is 9.47 Å². The largest absolute Gasteiger partial charge is 0.327 e. The summed E-state index contributed by atoms with van der Waals surface area (Å²) in [6, 6.07) is 23.7. The molecule has 2 amide bonds. The summed E-state index contributed by atoms with van der Waals surface area (Å²) < 4.78 is 15.8. The Morgan fingerprint density at radius 3 is 2.36 bits per heavy atom. The number of amides is 2. The van der Waals surface area contributed by atoms with Gasteiger partial charge in [0.15, 0.2) is 0 Å². The molecule has 1 aliphatic heterocycles. The minimum Gasteiger partial charge on any atom is -0.327 e. The van der Waals surface area contributed by atoms with Gasteiger partial charge in [0.05, 0.1) is 17.1 Å². The molecule has 4 aromatic rings. The summed E-state index contributed by atoms with van der Waals surface area (Å²) in [4.78, 5) is 30.8. The van der Waals surface area contributed by atoms with Crippen LogP contribution in [0.3, 0.4) is 0 Å². The first-order chi connectivity index (χ1) is 17.3. The molecule has 3 aromatic carbocycles. The van der Waals surface area contributed by atoms with E-state index in [2.05, 4.69) is 0 Å². The van der Waals surface area contributed by atoms with E-state index in [0.29, 0.717) is 10.6 Å². The number of benzene rings is 3. The van der Waals surface area contributed by atoms with Crippen LogP contribution in [0.25, 0.3) is 5.69 Å². The van der Waals surface area contributed by atoms with Crippen LogP contribution in [0.4, 0.5) is 10.1 Å². The molecule has 36 heavy (non-hydrogen) atoms. The van der Waals surface area contributed by atoms with Crippen LogP contribution in [0.2, 0.25) is 5.02 Å². The highest BCUT2D eigenvalue weighted by Crippen LogP contribution is 2.42. The van der Waals surface area contributed by atoms with Crippen LogP contribution < -0.4 is 4.90 Å². The van der Waals surface area contributed by atoms with Crippen LogP contribution >= 0.6 is 11.6 Å². The minimum atomic E-state index is -0.488. The van der Waals surface area contributed by atoms with Crippen molar-refractivity contribution in [2.75, 3.05) is 11.4 Å². The molecule has 0 radical (unpaired) electrons. The first-order valence-corrected chi connectivity index (χ1v) is 12.1. The molecule has 0 fully saturated rings. The zero-order chi connectivity index (χ0) is 25.4. The molecule has 1 unspecified atom stereocenters. The standard InChI is InChI=1S/C29H25ClFN3O2/c1-19(2)33(29(36)21-7-5-8-22(30)17-21)18-27(35)34-25-10-4-3-9-24(25)32-16-6-11-26(32)28(34)20-12-14-23(31)15-13-20/h3-17,19,28H,18H2,1-2H3. The maximum Gasteiger partial charge on any atom is 0.254 e. The highest BCUT2D eigenvalue weighted by molar-refractivity contribution is 6.31. The van der Waals surface area contributed by atoms with Gasteiger partial charge in [-0.25, -0.2) is 4.39 Å². The predicted molar refractivity (Wildman–Crippen MR) is 139 cm³/mol. The van der Waals surface area contributed by atoms with Crippen molar-refractivity contribution in [2.45, 2.75) is 25.9 Å². The summed E-state index contributed by atoms with van der Waals surface area (Å²) >= 11 is 6.12. The number of fused-ring (bicyclic) bond motifs is 3. The number of carbonyl (C=O) groups excluding carboxylic acids is 2. The summed E-state index contributed by atoms with van der Waals surface area (Å²) in [6.07, 6.45) is 1.95. The Morgan fingerprint density at radius 2 is 1.67 bits per heavy atom. The molecule has 0 saturated carbocycles. The smallest absolute Gasteiger partial charge is 0.254 e. The number of aromatic nitrogens is 1. The Balaban J connectivity index is 1.57. The SMILES string of the molecule is CC(C)N(CC(=O)N1c2ccccc2-n2cccc2C1c1ccc(F)cc1)C(=O)c1cccc(Cl)c1. The van der Waals surface area contributed by atoms with Crippen LogP contribution in [0, 0.1) is 5.82 Å². The normalized spacial score (nSPS) is 14.4. The summed E-state index contributed by atoms with van der Waals surface area (Å²) in [6.45, 7) is 3.63. The van der Waals surface area contributed by atoms with Gasteiger partial charge in [0, 0.05) is 22.8 Å². The lowest BCUT2D eigenvalue weighted by atomic mass is 9.97. The van der Waals surface area contributed by atoms with Crippen LogP contribution in [0.15, 0.2) is 91.1 Å². The second-order valence-corrected chi connectivity index (χ2v) is 9.48. The Kier molecular flexibility index (Phi) is 6.37. The van der Waals surface area contributed by atoms with Crippen molar-refractivity contribution in [3.8, 4) is 5.69 Å². The lowest BCUT2D eigenvalue weighted by molar-refractivity contribution is -0.120. The fraction of sp³-hybridized carbons (Fsp3) is 0.172. The van der Waals surface area contributed by atoms with Crippen molar-refractivity contribution >= 4 is 29.1 Å². The van der Waals surface area contributed by atoms with Gasteiger partial charge < -0.3 is 9.47 Å². The van der Waals surface area contributed by atoms with Gasteiger partial charge in [0.25, 0.3) is 5.91 Å². The van der Waals surface area contributed by atoms with Gasteiger partial charge in [-0.05, 0) is 74.0 Å². The van der Waals surface area contributed by atoms with Gasteiger partial charge in [-0.15, -0.1) is 0 Å². The summed E-state index contributed by atoms with van der Waals surface area (Å²) in [5, 5.41) is 0.456. The van der Waals surface area contributed by atoms with Crippen LogP contribution in [0.5, 0.6) is 0 Å². The number of halogens is 2. The van der Waals surface area contributed by atoms with E-state index in [1.165, 1.54) is 12.1 Å². The summed E-state index contributed by atoms with van der Waals surface area (Å²) in [7, 11) is 0. The number of para-hydroxylation sites is 2. The zero-order valence-electron chi connectivity index (χ0n) is 19.9. The number of carbonyl (C=O) groups is 2. The van der Waals surface area contributed by atoms with E-state index >= 15 is 0 Å². The molecule has 0 aliphatic carbocycles. The number of rotatable bonds is 5. The van der Waals surface area contributed by atoms with Crippen LogP contribution in [-0.2, 0) is 4.79 Å². The number of anilines is 1. The molecule has 2 heterocycles. The lowest BCUT2D eigenvalue weighted by Crippen LogP contribution is -2.48. The second kappa shape index (κ2) is 9.63. The fourth-order valence-electron chi connectivity index (χ4n) is 4.72. The van der Waals surface area contributed by atoms with E-state index in [9.17, 15) is 14.0 Å². The van der Waals surface area contributed by atoms with Gasteiger partial charge in [0.1, 0.15) is 18.4 Å². The van der Waals surface area contributed by atoms with Crippen molar-refractivity contribution in [3.05, 3.63) is 119 Å². The highest BCUT2D eigenvalue weighted by atomic mass is 35.5. The van der Waals surface area contributed by atoms with Crippen molar-refractivity contribution < 1.29 is 14.0 Å². The maximum atomic E-state index is 14.1. The molecular weight excluding hydrogens is 477 g/mol. The monoisotopic (exact) mass is 501 g/mol. The number of hydrogen-bond acceptors (Lipinski definition) is 2. The molecule has 7 heteroatoms. The van der Waals surface area contributed by atoms with Gasteiger partial charge in [0.2, 0.25) is 5.91 Å². The minimum absolute atomic E-state index is 0.129. The Morgan fingerprint density at radius 1 is 0.944 bits per heavy atom. The van der Waals surface area contributed by atoms with Crippen molar-refractivity contribution in [1.29, 1.82) is 0 Å². The molecule has 0 bridgehead atoms. The van der Waals surface area contributed by atoms with Gasteiger partial charge in [-0.3, -0.25) is 14.5 Å². The van der Waals surface area contributed by atoms with Crippen molar-refractivity contribution in [3.63, 3.8) is 0 Å². The average molecular weight is 502 g/mol. The molecule has 182 valence electrons. The third-order valence-electron chi connectivity index (χ3n) is 6.44. The Hall–Kier alpha value is -3.90. The maximum absolute atomic E-state index is 14.1. The fourth-order valence-corrected chi connectivity index (χ4v) is 4.91. The average Bonchev–Trinajstić information content (AvgIpc) is 3.36. The summed E-state index contributed by atoms with van der Waals surface area (Å²) in [5.74, 6) is -0.859. The zero-order valence-corrected chi connectivity index (χ0v) is 20.7. The quantitative estimate of drug-likeness (QED) is 0.324. The Labute approximate surface area is 214 Å². The number of hydrogen-bond donors (Lipinski definition) is 0. The van der Waals surface area contributed by atoms with E-state index in [0.717, 1.165) is 22.6 Å². The first-order valence-electron chi connectivity index (χ1n) is 11.8. The van der Waals surface area contributed by atoms with E-state index in [4.69, 9.17) is 11.6 Å². The van der Waals surface area contributed by atoms with Crippen LogP contribution in [0.1, 0.15) is 41.5 Å². The van der Waals surface area contributed by atoms with Crippen molar-refractivity contribution in [2.24, 2.45) is 0 Å². The molecular formula is C29H25ClFN3O2. The lowest BCUT2D eigenvalue weighted by Gasteiger charge is -2.40. The molecule has 5 rings (SSSR count). The summed E-state index contributed by atoms with van der Waals surface area (Å²) in [5.41, 5.74) is 3.66. The van der Waals surface area contributed by atoms with E-state index in [1.54, 1.807) is 46.2 Å². The molecule has 1 aromatic heterocycles. The first kappa shape index (κ1) is 23.8. The van der Waals surface area contributed by atoms with Gasteiger partial charge >= 0.3 is 0 Å². The number of nitrogens with zero attached hydrogens (tertiary/aromatic N) is 3. The molecule has 5 nitrogen and oxygen atoms in total. The van der Waals surface area contributed by atoms with Gasteiger partial charge in [-0.2, -0.15) is 0 Å². The second-order valence-electron chi connectivity index (χ2n) is 9.05. The molecule has 1 aliphatic rings. The topological polar surface area (TPSA) is 45.6 Å². The van der Waals surface area contributed by atoms with E-state index in [1.807, 2.05) is 61.0 Å². The highest BCUT2D eigenvalue weighted by Gasteiger charge is 2.37. The Bertz CT molecular complexity index is 1430. The molecule has 1 atom stereocenters. The van der Waals surface area contributed by atoms with Gasteiger partial charge in [-0.1, -0.05) is 41.9 Å². The van der Waals surface area contributed by atoms with E-state index < -0.39 is 6.04 Å². The third kappa shape index (κ3) is 4.29. The third-order valence-corrected chi connectivity index (χ3v) is 6.67. The predicted octanol–water partition coefficient (Wildman–Crippen LogP) is 6.26. The molecule has 0 N–H and O–H groups in total. The molecule has 0 spiro atoms. The van der Waals surface area contributed by atoms with E-state index in [-0.39, 0.29) is 30.2 Å². The van der Waals surface area contributed by atoms with Crippen LogP contribution in [-0.4, -0.2) is 33.9 Å².